The van der Waals surface area contributed by atoms with Gasteiger partial charge in [0.15, 0.2) is 5.16 Å². The Morgan fingerprint density at radius 2 is 2.08 bits per heavy atom. The molecule has 5 nitrogen and oxygen atoms in total. The van der Waals surface area contributed by atoms with Crippen molar-refractivity contribution >= 4 is 45.4 Å². The lowest BCUT2D eigenvalue weighted by Crippen LogP contribution is -1.99. The predicted octanol–water partition coefficient (Wildman–Crippen LogP) is 4.32. The summed E-state index contributed by atoms with van der Waals surface area (Å²) in [5, 5.41) is 11.7. The van der Waals surface area contributed by atoms with E-state index in [1.54, 1.807) is 18.2 Å². The number of aromatic amines is 1. The van der Waals surface area contributed by atoms with Crippen LogP contribution in [0.5, 0.6) is 5.75 Å². The van der Waals surface area contributed by atoms with Gasteiger partial charge in [-0.15, -0.1) is 0 Å². The zero-order chi connectivity index (χ0) is 16.7. The van der Waals surface area contributed by atoms with Crippen molar-refractivity contribution in [3.05, 3.63) is 63.5 Å². The minimum Gasteiger partial charge on any atom is -0.508 e. The topological polar surface area (TPSA) is 79.1 Å². The number of H-pyrrole nitrogens is 1. The van der Waals surface area contributed by atoms with Crippen LogP contribution in [0.25, 0.3) is 22.0 Å². The van der Waals surface area contributed by atoms with Crippen molar-refractivity contribution in [2.45, 2.75) is 10.9 Å². The Kier molecular flexibility index (Phi) is 3.70. The molecule has 0 atom stereocenters. The molecule has 0 amide bonds. The fourth-order valence-electron chi connectivity index (χ4n) is 2.51. The van der Waals surface area contributed by atoms with Crippen molar-refractivity contribution in [2.75, 3.05) is 0 Å². The van der Waals surface area contributed by atoms with E-state index in [0.29, 0.717) is 16.4 Å². The fourth-order valence-corrected chi connectivity index (χ4v) is 3.56. The Bertz CT molecular complexity index is 1120. The van der Waals surface area contributed by atoms with E-state index >= 15 is 0 Å². The van der Waals surface area contributed by atoms with Gasteiger partial charge in [-0.1, -0.05) is 23.4 Å². The quantitative estimate of drug-likeness (QED) is 0.421. The van der Waals surface area contributed by atoms with Crippen molar-refractivity contribution in [3.8, 4) is 5.75 Å². The SMILES string of the molecule is O=c1cc(CSc2nc3ccc(Cl)cc3[nH]2)c2ccc(O)cc2o1. The zero-order valence-electron chi connectivity index (χ0n) is 12.2. The molecule has 0 bridgehead atoms. The molecular weight excluding hydrogens is 348 g/mol. The van der Waals surface area contributed by atoms with Crippen LogP contribution in [0.3, 0.4) is 0 Å². The Labute approximate surface area is 145 Å². The second-order valence-electron chi connectivity index (χ2n) is 5.26. The first-order valence-electron chi connectivity index (χ1n) is 7.12. The summed E-state index contributed by atoms with van der Waals surface area (Å²) in [5.41, 5.74) is 2.45. The highest BCUT2D eigenvalue weighted by Crippen LogP contribution is 2.28. The Hall–Kier alpha value is -2.44. The third-order valence-corrected chi connectivity index (χ3v) is 4.76. The van der Waals surface area contributed by atoms with E-state index < -0.39 is 5.63 Å². The molecule has 0 aliphatic carbocycles. The number of hydrogen-bond acceptors (Lipinski definition) is 5. The summed E-state index contributed by atoms with van der Waals surface area (Å²) >= 11 is 7.46. The Balaban J connectivity index is 1.67. The summed E-state index contributed by atoms with van der Waals surface area (Å²) in [7, 11) is 0. The number of fused-ring (bicyclic) bond motifs is 2. The lowest BCUT2D eigenvalue weighted by Gasteiger charge is -2.04. The summed E-state index contributed by atoms with van der Waals surface area (Å²) in [4.78, 5) is 19.4. The number of nitrogens with one attached hydrogen (secondary N) is 1. The molecule has 0 spiro atoms. The van der Waals surface area contributed by atoms with Crippen molar-refractivity contribution < 1.29 is 9.52 Å². The van der Waals surface area contributed by atoms with Crippen molar-refractivity contribution in [2.24, 2.45) is 0 Å². The maximum atomic E-state index is 11.7. The summed E-state index contributed by atoms with van der Waals surface area (Å²) in [6.45, 7) is 0. The van der Waals surface area contributed by atoms with E-state index in [2.05, 4.69) is 9.97 Å². The number of phenolic OH excluding ortho intramolecular Hbond substituents is 1. The van der Waals surface area contributed by atoms with Gasteiger partial charge in [-0.2, -0.15) is 0 Å². The molecule has 0 saturated carbocycles. The number of hydrogen-bond donors (Lipinski definition) is 2. The number of aromatic hydroxyl groups is 1. The maximum absolute atomic E-state index is 11.7. The minimum absolute atomic E-state index is 0.0598. The predicted molar refractivity (Wildman–Crippen MR) is 94.8 cm³/mol. The van der Waals surface area contributed by atoms with Crippen LogP contribution in [0.4, 0.5) is 0 Å². The van der Waals surface area contributed by atoms with E-state index in [4.69, 9.17) is 16.0 Å². The van der Waals surface area contributed by atoms with Gasteiger partial charge in [-0.05, 0) is 35.9 Å². The zero-order valence-corrected chi connectivity index (χ0v) is 13.8. The summed E-state index contributed by atoms with van der Waals surface area (Å²) in [6, 6.07) is 11.7. The van der Waals surface area contributed by atoms with Crippen LogP contribution < -0.4 is 5.63 Å². The van der Waals surface area contributed by atoms with Crippen LogP contribution in [-0.4, -0.2) is 15.1 Å². The number of nitrogens with zero attached hydrogens (tertiary/aromatic N) is 1. The van der Waals surface area contributed by atoms with E-state index in [-0.39, 0.29) is 5.75 Å². The molecule has 24 heavy (non-hydrogen) atoms. The summed E-state index contributed by atoms with van der Waals surface area (Å²) < 4.78 is 5.13. The molecule has 2 heterocycles. The number of imidazole rings is 1. The maximum Gasteiger partial charge on any atom is 0.336 e. The van der Waals surface area contributed by atoms with Gasteiger partial charge in [0.2, 0.25) is 0 Å². The average molecular weight is 359 g/mol. The van der Waals surface area contributed by atoms with E-state index in [0.717, 1.165) is 27.1 Å². The van der Waals surface area contributed by atoms with Crippen molar-refractivity contribution in [3.63, 3.8) is 0 Å². The second-order valence-corrected chi connectivity index (χ2v) is 6.66. The summed E-state index contributed by atoms with van der Waals surface area (Å²) in [5.74, 6) is 0.602. The standard InChI is InChI=1S/C17H11ClN2O3S/c18-10-1-4-13-14(6-10)20-17(19-13)24-8-9-5-16(22)23-15-7-11(21)2-3-12(9)15/h1-7,21H,8H2,(H,19,20). The van der Waals surface area contributed by atoms with E-state index in [1.165, 1.54) is 23.9 Å². The molecule has 0 aliphatic rings. The normalized spacial score (nSPS) is 11.4. The van der Waals surface area contributed by atoms with Gasteiger partial charge in [-0.25, -0.2) is 9.78 Å². The average Bonchev–Trinajstić information content (AvgIpc) is 2.94. The molecule has 2 aromatic carbocycles. The van der Waals surface area contributed by atoms with E-state index in [9.17, 15) is 9.90 Å². The first-order chi connectivity index (χ1) is 11.6. The number of rotatable bonds is 3. The molecule has 2 aromatic heterocycles. The highest BCUT2D eigenvalue weighted by Gasteiger charge is 2.09. The van der Waals surface area contributed by atoms with Crippen LogP contribution in [0.15, 0.2) is 56.8 Å². The number of thioether (sulfide) groups is 1. The van der Waals surface area contributed by atoms with Crippen LogP contribution >= 0.6 is 23.4 Å². The van der Waals surface area contributed by atoms with Crippen LogP contribution in [0.2, 0.25) is 5.02 Å². The molecule has 2 N–H and O–H groups in total. The first kappa shape index (κ1) is 15.1. The Morgan fingerprint density at radius 1 is 1.21 bits per heavy atom. The number of aromatic nitrogens is 2. The van der Waals surface area contributed by atoms with Gasteiger partial charge in [0.1, 0.15) is 11.3 Å². The molecule has 4 aromatic rings. The lowest BCUT2D eigenvalue weighted by molar-refractivity contribution is 0.473. The smallest absolute Gasteiger partial charge is 0.336 e. The van der Waals surface area contributed by atoms with Gasteiger partial charge in [-0.3, -0.25) is 0 Å². The van der Waals surface area contributed by atoms with Gasteiger partial charge in [0, 0.05) is 28.3 Å². The monoisotopic (exact) mass is 358 g/mol. The third kappa shape index (κ3) is 2.86. The van der Waals surface area contributed by atoms with Gasteiger partial charge in [0.05, 0.1) is 11.0 Å². The Morgan fingerprint density at radius 3 is 2.96 bits per heavy atom. The van der Waals surface area contributed by atoms with Crippen LogP contribution in [-0.2, 0) is 5.75 Å². The largest absolute Gasteiger partial charge is 0.508 e. The summed E-state index contributed by atoms with van der Waals surface area (Å²) in [6.07, 6.45) is 0. The highest BCUT2D eigenvalue weighted by atomic mass is 35.5. The molecule has 0 saturated heterocycles. The molecule has 0 radical (unpaired) electrons. The van der Waals surface area contributed by atoms with E-state index in [1.807, 2.05) is 12.1 Å². The second kappa shape index (κ2) is 5.89. The van der Waals surface area contributed by atoms with Crippen molar-refractivity contribution in [1.29, 1.82) is 0 Å². The molecule has 4 rings (SSSR count). The molecule has 120 valence electrons. The lowest BCUT2D eigenvalue weighted by atomic mass is 10.1. The number of benzene rings is 2. The highest BCUT2D eigenvalue weighted by molar-refractivity contribution is 7.98. The molecule has 0 fully saturated rings. The molecule has 0 unspecified atom stereocenters. The molecule has 7 heteroatoms. The van der Waals surface area contributed by atoms with Crippen LogP contribution in [0, 0.1) is 0 Å². The molecular formula is C17H11ClN2O3S. The number of halogens is 1. The third-order valence-electron chi connectivity index (χ3n) is 3.60. The fraction of sp³-hybridized carbons (Fsp3) is 0.0588. The van der Waals surface area contributed by atoms with Gasteiger partial charge in [0.25, 0.3) is 0 Å². The van der Waals surface area contributed by atoms with Crippen molar-refractivity contribution in [1.82, 2.24) is 9.97 Å². The van der Waals surface area contributed by atoms with Crippen LogP contribution in [0.1, 0.15) is 5.56 Å². The molecule has 0 aliphatic heterocycles. The van der Waals surface area contributed by atoms with Gasteiger partial charge >= 0.3 is 5.63 Å². The first-order valence-corrected chi connectivity index (χ1v) is 8.49. The minimum atomic E-state index is -0.444. The van der Waals surface area contributed by atoms with Gasteiger partial charge < -0.3 is 14.5 Å². The number of phenols is 1.